The minimum Gasteiger partial charge on any atom is -0.235 e. The van der Waals surface area contributed by atoms with E-state index in [1.165, 1.54) is 16.9 Å². The third-order valence-corrected chi connectivity index (χ3v) is 5.45. The molecule has 4 heteroatoms. The first-order valence-corrected chi connectivity index (χ1v) is 9.98. The van der Waals surface area contributed by atoms with Gasteiger partial charge in [-0.25, -0.2) is 4.98 Å². The van der Waals surface area contributed by atoms with E-state index in [0.29, 0.717) is 15.6 Å². The molecule has 1 heterocycles. The van der Waals surface area contributed by atoms with Gasteiger partial charge < -0.3 is 0 Å². The summed E-state index contributed by atoms with van der Waals surface area (Å²) in [6, 6.07) is 28.2. The summed E-state index contributed by atoms with van der Waals surface area (Å²) >= 11 is 7.41. The Morgan fingerprint density at radius 1 is 0.857 bits per heavy atom. The van der Waals surface area contributed by atoms with E-state index in [1.807, 2.05) is 66.1 Å². The standard InChI is InChI=1S/C24H15ClN2S/c25-22-12-10-20(11-13-22)23-16-28-24(27-23)21(15-26)14-17-6-8-19(9-7-17)18-4-2-1-3-5-18/h1-14,16H/b21-14-. The monoisotopic (exact) mass is 398 g/mol. The number of hydrogen-bond acceptors (Lipinski definition) is 3. The Labute approximate surface area is 173 Å². The molecule has 0 N–H and O–H groups in total. The highest BCUT2D eigenvalue weighted by Crippen LogP contribution is 2.28. The zero-order valence-corrected chi connectivity index (χ0v) is 16.4. The van der Waals surface area contributed by atoms with Crippen molar-refractivity contribution in [3.8, 4) is 28.5 Å². The predicted molar refractivity (Wildman–Crippen MR) is 118 cm³/mol. The van der Waals surface area contributed by atoms with Gasteiger partial charge in [-0.1, -0.05) is 78.3 Å². The number of rotatable bonds is 4. The van der Waals surface area contributed by atoms with Crippen LogP contribution in [0.25, 0.3) is 34.0 Å². The average Bonchev–Trinajstić information content (AvgIpc) is 3.23. The molecular weight excluding hydrogens is 384 g/mol. The fourth-order valence-corrected chi connectivity index (χ4v) is 3.78. The quantitative estimate of drug-likeness (QED) is 0.341. The lowest BCUT2D eigenvalue weighted by atomic mass is 10.0. The Bertz CT molecular complexity index is 1150. The highest BCUT2D eigenvalue weighted by atomic mass is 35.5. The van der Waals surface area contributed by atoms with Gasteiger partial charge in [0.15, 0.2) is 0 Å². The molecule has 0 amide bonds. The third-order valence-electron chi connectivity index (χ3n) is 4.32. The molecule has 0 atom stereocenters. The molecule has 0 saturated carbocycles. The van der Waals surface area contributed by atoms with Crippen LogP contribution in [0.15, 0.2) is 84.2 Å². The number of allylic oxidation sites excluding steroid dienone is 1. The van der Waals surface area contributed by atoms with Crippen molar-refractivity contribution < 1.29 is 0 Å². The minimum absolute atomic E-state index is 0.553. The molecule has 134 valence electrons. The molecule has 3 aromatic carbocycles. The van der Waals surface area contributed by atoms with E-state index in [4.69, 9.17) is 11.6 Å². The van der Waals surface area contributed by atoms with Crippen molar-refractivity contribution in [2.45, 2.75) is 0 Å². The van der Waals surface area contributed by atoms with Gasteiger partial charge in [0.1, 0.15) is 11.1 Å². The molecule has 0 bridgehead atoms. The SMILES string of the molecule is N#C/C(=C/c1ccc(-c2ccccc2)cc1)c1nc(-c2ccc(Cl)cc2)cs1. The normalized spacial score (nSPS) is 11.2. The molecule has 0 radical (unpaired) electrons. The zero-order valence-electron chi connectivity index (χ0n) is 14.8. The number of aromatic nitrogens is 1. The smallest absolute Gasteiger partial charge is 0.134 e. The average molecular weight is 399 g/mol. The molecular formula is C24H15ClN2S. The molecule has 0 spiro atoms. The second kappa shape index (κ2) is 8.22. The van der Waals surface area contributed by atoms with Gasteiger partial charge in [0.2, 0.25) is 0 Å². The van der Waals surface area contributed by atoms with E-state index >= 15 is 0 Å². The van der Waals surface area contributed by atoms with Crippen molar-refractivity contribution in [1.29, 1.82) is 5.26 Å². The summed E-state index contributed by atoms with van der Waals surface area (Å²) in [7, 11) is 0. The Kier molecular flexibility index (Phi) is 5.34. The summed E-state index contributed by atoms with van der Waals surface area (Å²) in [6.45, 7) is 0. The highest BCUT2D eigenvalue weighted by molar-refractivity contribution is 7.11. The second-order valence-electron chi connectivity index (χ2n) is 6.20. The fourth-order valence-electron chi connectivity index (χ4n) is 2.86. The molecule has 4 aromatic rings. The van der Waals surface area contributed by atoms with Crippen LogP contribution >= 0.6 is 22.9 Å². The number of thiazole rings is 1. The second-order valence-corrected chi connectivity index (χ2v) is 7.50. The van der Waals surface area contributed by atoms with Crippen LogP contribution < -0.4 is 0 Å². The summed E-state index contributed by atoms with van der Waals surface area (Å²) in [5.74, 6) is 0. The first kappa shape index (κ1) is 18.2. The van der Waals surface area contributed by atoms with E-state index in [9.17, 15) is 5.26 Å². The van der Waals surface area contributed by atoms with Crippen molar-refractivity contribution in [3.05, 3.63) is 99.8 Å². The van der Waals surface area contributed by atoms with Crippen LogP contribution in [0.1, 0.15) is 10.6 Å². The number of halogens is 1. The maximum atomic E-state index is 9.62. The number of nitrogens with zero attached hydrogens (tertiary/aromatic N) is 2. The maximum Gasteiger partial charge on any atom is 0.134 e. The fraction of sp³-hybridized carbons (Fsp3) is 0. The number of benzene rings is 3. The van der Waals surface area contributed by atoms with E-state index < -0.39 is 0 Å². The van der Waals surface area contributed by atoms with Crippen LogP contribution in [-0.4, -0.2) is 4.98 Å². The van der Waals surface area contributed by atoms with Gasteiger partial charge in [-0.3, -0.25) is 0 Å². The molecule has 28 heavy (non-hydrogen) atoms. The van der Waals surface area contributed by atoms with Crippen molar-refractivity contribution in [2.75, 3.05) is 0 Å². The van der Waals surface area contributed by atoms with Crippen molar-refractivity contribution in [3.63, 3.8) is 0 Å². The number of nitriles is 1. The summed E-state index contributed by atoms with van der Waals surface area (Å²) in [6.07, 6.45) is 1.87. The molecule has 2 nitrogen and oxygen atoms in total. The van der Waals surface area contributed by atoms with Crippen LogP contribution in [0.4, 0.5) is 0 Å². The topological polar surface area (TPSA) is 36.7 Å². The largest absolute Gasteiger partial charge is 0.235 e. The van der Waals surface area contributed by atoms with Gasteiger partial charge in [-0.05, 0) is 34.9 Å². The first-order chi connectivity index (χ1) is 13.7. The van der Waals surface area contributed by atoms with Crippen LogP contribution in [0, 0.1) is 11.3 Å². The van der Waals surface area contributed by atoms with E-state index in [-0.39, 0.29) is 0 Å². The summed E-state index contributed by atoms with van der Waals surface area (Å²) in [5, 5.41) is 13.0. The molecule has 0 aliphatic carbocycles. The van der Waals surface area contributed by atoms with Crippen LogP contribution in [0.2, 0.25) is 5.02 Å². The van der Waals surface area contributed by atoms with Gasteiger partial charge in [0.25, 0.3) is 0 Å². The Hall–Kier alpha value is -3.19. The first-order valence-electron chi connectivity index (χ1n) is 8.72. The zero-order chi connectivity index (χ0) is 19.3. The Balaban J connectivity index is 1.60. The van der Waals surface area contributed by atoms with Crippen molar-refractivity contribution in [2.24, 2.45) is 0 Å². The molecule has 0 unspecified atom stereocenters. The van der Waals surface area contributed by atoms with Crippen LogP contribution in [0.3, 0.4) is 0 Å². The van der Waals surface area contributed by atoms with Gasteiger partial charge in [0.05, 0.1) is 11.3 Å². The van der Waals surface area contributed by atoms with E-state index in [1.54, 1.807) is 0 Å². The molecule has 4 rings (SSSR count). The highest BCUT2D eigenvalue weighted by Gasteiger charge is 2.09. The lowest BCUT2D eigenvalue weighted by molar-refractivity contribution is 1.37. The van der Waals surface area contributed by atoms with Crippen molar-refractivity contribution in [1.82, 2.24) is 4.98 Å². The van der Waals surface area contributed by atoms with Gasteiger partial charge in [-0.2, -0.15) is 5.26 Å². The summed E-state index contributed by atoms with van der Waals surface area (Å²) in [5.41, 5.74) is 5.67. The molecule has 0 aliphatic heterocycles. The van der Waals surface area contributed by atoms with E-state index in [2.05, 4.69) is 35.3 Å². The maximum absolute atomic E-state index is 9.62. The third kappa shape index (κ3) is 4.04. The molecule has 0 fully saturated rings. The van der Waals surface area contributed by atoms with E-state index in [0.717, 1.165) is 22.4 Å². The lowest BCUT2D eigenvalue weighted by Gasteiger charge is -2.02. The van der Waals surface area contributed by atoms with Crippen molar-refractivity contribution >= 4 is 34.6 Å². The minimum atomic E-state index is 0.553. The van der Waals surface area contributed by atoms with Crippen LogP contribution in [-0.2, 0) is 0 Å². The summed E-state index contributed by atoms with van der Waals surface area (Å²) < 4.78 is 0. The molecule has 0 saturated heterocycles. The lowest BCUT2D eigenvalue weighted by Crippen LogP contribution is -1.83. The Morgan fingerprint density at radius 3 is 2.18 bits per heavy atom. The van der Waals surface area contributed by atoms with Gasteiger partial charge in [0, 0.05) is 16.0 Å². The molecule has 1 aromatic heterocycles. The van der Waals surface area contributed by atoms with Gasteiger partial charge >= 0.3 is 0 Å². The van der Waals surface area contributed by atoms with Gasteiger partial charge in [-0.15, -0.1) is 11.3 Å². The summed E-state index contributed by atoms with van der Waals surface area (Å²) in [4.78, 5) is 4.63. The molecule has 0 aliphatic rings. The Morgan fingerprint density at radius 2 is 1.50 bits per heavy atom. The predicted octanol–water partition coefficient (Wildman–Crippen LogP) is 7.19. The number of hydrogen-bond donors (Lipinski definition) is 0. The van der Waals surface area contributed by atoms with Crippen LogP contribution in [0.5, 0.6) is 0 Å².